The first-order chi connectivity index (χ1) is 8.86. The highest BCUT2D eigenvalue weighted by atomic mass is 16.6. The number of nitro groups is 1. The Morgan fingerprint density at radius 1 is 1.47 bits per heavy atom. The first-order valence-electron chi connectivity index (χ1n) is 5.26. The van der Waals surface area contributed by atoms with Gasteiger partial charge in [-0.15, -0.1) is 0 Å². The van der Waals surface area contributed by atoms with Gasteiger partial charge in [0, 0.05) is 17.2 Å². The van der Waals surface area contributed by atoms with Crippen LogP contribution in [0.1, 0.15) is 15.9 Å². The lowest BCUT2D eigenvalue weighted by Gasteiger charge is -2.11. The van der Waals surface area contributed by atoms with E-state index in [4.69, 9.17) is 10.2 Å². The molecule has 3 N–H and O–H groups in total. The topological polar surface area (TPSA) is 130 Å². The number of carbonyl (C=O) groups is 2. The number of aryl methyl sites for hydroxylation is 1. The Morgan fingerprint density at radius 3 is 2.53 bits per heavy atom. The highest BCUT2D eigenvalue weighted by molar-refractivity contribution is 5.97. The standard InChI is InChI=1S/C11H12N2O6/c1-6-4-7(2-3-9(6)13(18)19)10(15)12-8(5-14)11(16)17/h2-4,8,14H,5H2,1H3,(H,12,15)(H,16,17)/t8-/m0/s1. The molecule has 0 fully saturated rings. The number of carbonyl (C=O) groups excluding carboxylic acids is 1. The number of hydrogen-bond donors (Lipinski definition) is 3. The lowest BCUT2D eigenvalue weighted by Crippen LogP contribution is -2.43. The summed E-state index contributed by atoms with van der Waals surface area (Å²) >= 11 is 0. The summed E-state index contributed by atoms with van der Waals surface area (Å²) in [6.45, 7) is 0.725. The summed E-state index contributed by atoms with van der Waals surface area (Å²) in [5.74, 6) is -2.09. The Balaban J connectivity index is 2.92. The Kier molecular flexibility index (Phi) is 4.54. The molecular formula is C11H12N2O6. The number of hydrogen-bond acceptors (Lipinski definition) is 5. The molecule has 19 heavy (non-hydrogen) atoms. The van der Waals surface area contributed by atoms with Gasteiger partial charge in [-0.1, -0.05) is 0 Å². The minimum absolute atomic E-state index is 0.0859. The van der Waals surface area contributed by atoms with Crippen molar-refractivity contribution >= 4 is 17.6 Å². The van der Waals surface area contributed by atoms with E-state index in [0.29, 0.717) is 0 Å². The lowest BCUT2D eigenvalue weighted by atomic mass is 10.1. The molecular weight excluding hydrogens is 256 g/mol. The molecule has 0 aromatic heterocycles. The molecule has 0 aliphatic heterocycles. The van der Waals surface area contributed by atoms with Crippen molar-refractivity contribution in [2.45, 2.75) is 13.0 Å². The molecule has 1 aromatic carbocycles. The van der Waals surface area contributed by atoms with Crippen molar-refractivity contribution in [2.24, 2.45) is 0 Å². The number of nitrogens with one attached hydrogen (secondary N) is 1. The van der Waals surface area contributed by atoms with Gasteiger partial charge in [-0.2, -0.15) is 0 Å². The first-order valence-corrected chi connectivity index (χ1v) is 5.26. The van der Waals surface area contributed by atoms with Crippen molar-refractivity contribution in [3.8, 4) is 0 Å². The zero-order chi connectivity index (χ0) is 14.6. The van der Waals surface area contributed by atoms with Crippen LogP contribution in [0, 0.1) is 17.0 Å². The third-order valence-electron chi connectivity index (χ3n) is 2.44. The van der Waals surface area contributed by atoms with Gasteiger partial charge in [0.2, 0.25) is 0 Å². The summed E-state index contributed by atoms with van der Waals surface area (Å²) < 4.78 is 0. The van der Waals surface area contributed by atoms with Gasteiger partial charge in [0.15, 0.2) is 6.04 Å². The van der Waals surface area contributed by atoms with Crippen LogP contribution in [0.3, 0.4) is 0 Å². The number of carboxylic acids is 1. The van der Waals surface area contributed by atoms with Crippen LogP contribution in [-0.4, -0.2) is 39.7 Å². The molecule has 0 radical (unpaired) electrons. The maximum absolute atomic E-state index is 11.7. The molecule has 0 unspecified atom stereocenters. The number of benzene rings is 1. The summed E-state index contributed by atoms with van der Waals surface area (Å²) in [5, 5.41) is 30.2. The predicted octanol–water partition coefficient (Wildman–Crippen LogP) is 0.0785. The van der Waals surface area contributed by atoms with Crippen LogP contribution in [0.25, 0.3) is 0 Å². The number of rotatable bonds is 5. The van der Waals surface area contributed by atoms with Gasteiger partial charge in [-0.3, -0.25) is 14.9 Å². The quantitative estimate of drug-likeness (QED) is 0.512. The summed E-state index contributed by atoms with van der Waals surface area (Å²) in [6, 6.07) is 2.25. The Hall–Kier alpha value is -2.48. The minimum Gasteiger partial charge on any atom is -0.480 e. The average Bonchev–Trinajstić information content (AvgIpc) is 2.34. The van der Waals surface area contributed by atoms with Crippen LogP contribution < -0.4 is 5.32 Å². The molecule has 1 atom stereocenters. The number of carboxylic acid groups (broad SMARTS) is 1. The van der Waals surface area contributed by atoms with E-state index in [1.807, 2.05) is 0 Å². The van der Waals surface area contributed by atoms with Gasteiger partial charge < -0.3 is 15.5 Å². The zero-order valence-corrected chi connectivity index (χ0v) is 9.99. The fourth-order valence-electron chi connectivity index (χ4n) is 1.43. The predicted molar refractivity (Wildman–Crippen MR) is 63.8 cm³/mol. The molecule has 8 nitrogen and oxygen atoms in total. The van der Waals surface area contributed by atoms with Crippen LogP contribution in [0.2, 0.25) is 0 Å². The van der Waals surface area contributed by atoms with Crippen molar-refractivity contribution in [3.05, 3.63) is 39.4 Å². The molecule has 1 amide bonds. The third-order valence-corrected chi connectivity index (χ3v) is 2.44. The van der Waals surface area contributed by atoms with E-state index < -0.39 is 29.4 Å². The summed E-state index contributed by atoms with van der Waals surface area (Å²) in [4.78, 5) is 32.4. The summed E-state index contributed by atoms with van der Waals surface area (Å²) in [5.41, 5.74) is 0.241. The molecule has 0 aliphatic carbocycles. The van der Waals surface area contributed by atoms with Crippen molar-refractivity contribution in [1.82, 2.24) is 5.32 Å². The number of aliphatic carboxylic acids is 1. The zero-order valence-electron chi connectivity index (χ0n) is 9.99. The maximum Gasteiger partial charge on any atom is 0.328 e. The van der Waals surface area contributed by atoms with Gasteiger partial charge in [0.25, 0.3) is 11.6 Å². The number of aliphatic hydroxyl groups excluding tert-OH is 1. The molecule has 1 rings (SSSR count). The smallest absolute Gasteiger partial charge is 0.328 e. The van der Waals surface area contributed by atoms with E-state index in [2.05, 4.69) is 5.32 Å². The van der Waals surface area contributed by atoms with Crippen LogP contribution >= 0.6 is 0 Å². The number of aliphatic hydroxyl groups is 1. The first kappa shape index (κ1) is 14.6. The molecule has 0 saturated carbocycles. The monoisotopic (exact) mass is 268 g/mol. The minimum atomic E-state index is -1.41. The van der Waals surface area contributed by atoms with E-state index in [-0.39, 0.29) is 16.8 Å². The maximum atomic E-state index is 11.7. The fraction of sp³-hybridized carbons (Fsp3) is 0.273. The highest BCUT2D eigenvalue weighted by Crippen LogP contribution is 2.18. The van der Waals surface area contributed by atoms with Gasteiger partial charge in [-0.25, -0.2) is 4.79 Å². The number of amides is 1. The largest absolute Gasteiger partial charge is 0.480 e. The second kappa shape index (κ2) is 5.91. The average molecular weight is 268 g/mol. The summed E-state index contributed by atoms with van der Waals surface area (Å²) in [6.07, 6.45) is 0. The molecule has 0 saturated heterocycles. The highest BCUT2D eigenvalue weighted by Gasteiger charge is 2.20. The van der Waals surface area contributed by atoms with Crippen molar-refractivity contribution in [2.75, 3.05) is 6.61 Å². The lowest BCUT2D eigenvalue weighted by molar-refractivity contribution is -0.385. The fourth-order valence-corrected chi connectivity index (χ4v) is 1.43. The molecule has 1 aromatic rings. The molecule has 0 spiro atoms. The number of nitrogens with zero attached hydrogens (tertiary/aromatic N) is 1. The van der Waals surface area contributed by atoms with Crippen LogP contribution in [0.5, 0.6) is 0 Å². The second-order valence-corrected chi connectivity index (χ2v) is 3.81. The number of nitro benzene ring substituents is 1. The van der Waals surface area contributed by atoms with Crippen LogP contribution in [-0.2, 0) is 4.79 Å². The second-order valence-electron chi connectivity index (χ2n) is 3.81. The van der Waals surface area contributed by atoms with Gasteiger partial charge in [0.05, 0.1) is 11.5 Å². The van der Waals surface area contributed by atoms with Crippen molar-refractivity contribution in [1.29, 1.82) is 0 Å². The van der Waals surface area contributed by atoms with E-state index >= 15 is 0 Å². The third kappa shape index (κ3) is 3.49. The Bertz CT molecular complexity index is 528. The van der Waals surface area contributed by atoms with E-state index in [1.165, 1.54) is 25.1 Å². The van der Waals surface area contributed by atoms with Crippen LogP contribution in [0.4, 0.5) is 5.69 Å². The molecule has 8 heteroatoms. The van der Waals surface area contributed by atoms with Gasteiger partial charge in [0.1, 0.15) is 0 Å². The molecule has 0 heterocycles. The van der Waals surface area contributed by atoms with Gasteiger partial charge >= 0.3 is 5.97 Å². The summed E-state index contributed by atoms with van der Waals surface area (Å²) in [7, 11) is 0. The van der Waals surface area contributed by atoms with Crippen molar-refractivity contribution in [3.63, 3.8) is 0 Å². The normalized spacial score (nSPS) is 11.7. The molecule has 102 valence electrons. The SMILES string of the molecule is Cc1cc(C(=O)N[C@@H](CO)C(=O)O)ccc1[N+](=O)[O-]. The Morgan fingerprint density at radius 2 is 2.11 bits per heavy atom. The van der Waals surface area contributed by atoms with E-state index in [0.717, 1.165) is 0 Å². The van der Waals surface area contributed by atoms with Crippen LogP contribution in [0.15, 0.2) is 18.2 Å². The van der Waals surface area contributed by atoms with E-state index in [1.54, 1.807) is 0 Å². The van der Waals surface area contributed by atoms with E-state index in [9.17, 15) is 19.7 Å². The Labute approximate surface area is 107 Å². The molecule has 0 bridgehead atoms. The van der Waals surface area contributed by atoms with Gasteiger partial charge in [-0.05, 0) is 19.1 Å². The van der Waals surface area contributed by atoms with Crippen molar-refractivity contribution < 1.29 is 24.7 Å². The molecule has 0 aliphatic rings.